The molecule has 0 aliphatic heterocycles. The maximum absolute atomic E-state index is 11.1. The summed E-state index contributed by atoms with van der Waals surface area (Å²) in [7, 11) is 0. The van der Waals surface area contributed by atoms with E-state index in [1.807, 2.05) is 18.2 Å². The lowest BCUT2D eigenvalue weighted by Crippen LogP contribution is -2.10. The van der Waals surface area contributed by atoms with Crippen LogP contribution in [0.4, 0.5) is 0 Å². The number of fused-ring (bicyclic) bond motifs is 1. The van der Waals surface area contributed by atoms with E-state index in [1.165, 1.54) is 43.0 Å². The molecular weight excluding hydrogens is 332 g/mol. The van der Waals surface area contributed by atoms with Crippen LogP contribution in [0.25, 0.3) is 20.5 Å². The molecule has 0 saturated heterocycles. The molecule has 1 aliphatic rings. The van der Waals surface area contributed by atoms with Gasteiger partial charge in [-0.25, -0.2) is 0 Å². The summed E-state index contributed by atoms with van der Waals surface area (Å²) < 4.78 is 12.3. The van der Waals surface area contributed by atoms with E-state index in [9.17, 15) is 4.79 Å². The molecule has 1 aromatic heterocycles. The van der Waals surface area contributed by atoms with Gasteiger partial charge in [0.15, 0.2) is 0 Å². The van der Waals surface area contributed by atoms with Crippen LogP contribution in [0.15, 0.2) is 48.5 Å². The van der Waals surface area contributed by atoms with E-state index >= 15 is 0 Å². The molecule has 0 radical (unpaired) electrons. The predicted molar refractivity (Wildman–Crippen MR) is 101 cm³/mol. The quantitative estimate of drug-likeness (QED) is 0.439. The molecule has 25 heavy (non-hydrogen) atoms. The van der Waals surface area contributed by atoms with Crippen LogP contribution in [-0.4, -0.2) is 12.1 Å². The van der Waals surface area contributed by atoms with Crippen LogP contribution in [0, 0.1) is 0 Å². The number of hydrogen-bond donors (Lipinski definition) is 0. The van der Waals surface area contributed by atoms with Crippen LogP contribution in [0.2, 0.25) is 0 Å². The number of carbonyl (C=O) groups excluding carboxylic acids is 1. The minimum absolute atomic E-state index is 0.297. The molecule has 4 heteroatoms. The van der Waals surface area contributed by atoms with Crippen molar-refractivity contribution >= 4 is 27.4 Å². The number of ether oxygens (including phenoxy) is 2. The van der Waals surface area contributed by atoms with Gasteiger partial charge >= 0.3 is 5.97 Å². The van der Waals surface area contributed by atoms with E-state index in [2.05, 4.69) is 30.3 Å². The Hall–Kier alpha value is -2.33. The van der Waals surface area contributed by atoms with Crippen LogP contribution in [0.3, 0.4) is 0 Å². The fraction of sp³-hybridized carbons (Fsp3) is 0.286. The second-order valence-corrected chi connectivity index (χ2v) is 7.54. The third-order valence-corrected chi connectivity index (χ3v) is 5.64. The third kappa shape index (κ3) is 3.69. The molecule has 1 aliphatic carbocycles. The summed E-state index contributed by atoms with van der Waals surface area (Å²) in [5, 5.41) is 1.15. The summed E-state index contributed by atoms with van der Waals surface area (Å²) in [5.41, 5.74) is 1.18. The van der Waals surface area contributed by atoms with Gasteiger partial charge in [0.1, 0.15) is 11.5 Å². The van der Waals surface area contributed by atoms with E-state index in [0.717, 1.165) is 15.8 Å². The molecule has 128 valence electrons. The molecule has 0 amide bonds. The topological polar surface area (TPSA) is 35.5 Å². The summed E-state index contributed by atoms with van der Waals surface area (Å²) in [6.07, 6.45) is 5.28. The predicted octanol–water partition coefficient (Wildman–Crippen LogP) is 5.82. The number of hydrogen-bond acceptors (Lipinski definition) is 4. The molecule has 1 saturated carbocycles. The lowest BCUT2D eigenvalue weighted by atomic mass is 10.1. The molecule has 2 aromatic carbocycles. The van der Waals surface area contributed by atoms with Gasteiger partial charge in [-0.2, -0.15) is 0 Å². The molecule has 1 fully saturated rings. The van der Waals surface area contributed by atoms with Crippen molar-refractivity contribution in [3.05, 3.63) is 48.5 Å². The van der Waals surface area contributed by atoms with Crippen LogP contribution in [-0.2, 0) is 4.79 Å². The van der Waals surface area contributed by atoms with Gasteiger partial charge in [0, 0.05) is 16.5 Å². The van der Waals surface area contributed by atoms with Crippen molar-refractivity contribution < 1.29 is 14.3 Å². The van der Waals surface area contributed by atoms with Crippen molar-refractivity contribution in [2.45, 2.75) is 38.7 Å². The van der Waals surface area contributed by atoms with E-state index < -0.39 is 0 Å². The number of rotatable bonds is 4. The van der Waals surface area contributed by atoms with Gasteiger partial charge in [-0.3, -0.25) is 4.79 Å². The summed E-state index contributed by atoms with van der Waals surface area (Å²) >= 11 is 1.70. The molecule has 3 aromatic rings. The maximum atomic E-state index is 11.1. The average Bonchev–Trinajstić information content (AvgIpc) is 3.24. The largest absolute Gasteiger partial charge is 0.490 e. The summed E-state index contributed by atoms with van der Waals surface area (Å²) in [5.74, 6) is 1.25. The molecule has 4 rings (SSSR count). The van der Waals surface area contributed by atoms with Crippen LogP contribution in [0.5, 0.6) is 11.5 Å². The fourth-order valence-electron chi connectivity index (χ4n) is 3.28. The number of benzene rings is 2. The van der Waals surface area contributed by atoms with E-state index in [-0.39, 0.29) is 5.97 Å². The SMILES string of the molecule is CC(=O)Oc1ccc2cc(-c3ccc(OC4CCCC4)cc3)sc2c1. The van der Waals surface area contributed by atoms with Crippen molar-refractivity contribution in [3.8, 4) is 21.9 Å². The first kappa shape index (κ1) is 16.2. The van der Waals surface area contributed by atoms with E-state index in [1.54, 1.807) is 11.3 Å². The van der Waals surface area contributed by atoms with E-state index in [0.29, 0.717) is 11.9 Å². The van der Waals surface area contributed by atoms with Gasteiger partial charge in [0.05, 0.1) is 6.10 Å². The lowest BCUT2D eigenvalue weighted by molar-refractivity contribution is -0.131. The Morgan fingerprint density at radius 1 is 1.00 bits per heavy atom. The zero-order valence-electron chi connectivity index (χ0n) is 14.2. The lowest BCUT2D eigenvalue weighted by Gasteiger charge is -2.13. The van der Waals surface area contributed by atoms with Gasteiger partial charge in [-0.1, -0.05) is 0 Å². The highest BCUT2D eigenvalue weighted by Gasteiger charge is 2.16. The maximum Gasteiger partial charge on any atom is 0.308 e. The zero-order chi connectivity index (χ0) is 17.2. The Bertz CT molecular complexity index is 889. The van der Waals surface area contributed by atoms with Crippen molar-refractivity contribution in [1.82, 2.24) is 0 Å². The molecule has 0 unspecified atom stereocenters. The Kier molecular flexibility index (Phi) is 4.45. The Morgan fingerprint density at radius 2 is 1.72 bits per heavy atom. The highest BCUT2D eigenvalue weighted by atomic mass is 32.1. The second kappa shape index (κ2) is 6.89. The summed E-state index contributed by atoms with van der Waals surface area (Å²) in [6, 6.07) is 16.3. The van der Waals surface area contributed by atoms with Gasteiger partial charge in [-0.05, 0) is 85.2 Å². The Morgan fingerprint density at radius 3 is 2.44 bits per heavy atom. The Balaban J connectivity index is 1.55. The minimum atomic E-state index is -0.297. The first-order chi connectivity index (χ1) is 12.2. The van der Waals surface area contributed by atoms with E-state index in [4.69, 9.17) is 9.47 Å². The van der Waals surface area contributed by atoms with Gasteiger partial charge < -0.3 is 9.47 Å². The normalized spacial score (nSPS) is 14.8. The smallest absolute Gasteiger partial charge is 0.308 e. The van der Waals surface area contributed by atoms with Gasteiger partial charge in [0.25, 0.3) is 0 Å². The number of carbonyl (C=O) groups is 1. The third-order valence-electron chi connectivity index (χ3n) is 4.50. The second-order valence-electron chi connectivity index (χ2n) is 6.45. The van der Waals surface area contributed by atoms with Gasteiger partial charge in [-0.15, -0.1) is 11.3 Å². The highest BCUT2D eigenvalue weighted by Crippen LogP contribution is 2.36. The number of thiophene rings is 1. The average molecular weight is 352 g/mol. The van der Waals surface area contributed by atoms with Crippen LogP contribution in [0.1, 0.15) is 32.6 Å². The number of esters is 1. The molecule has 0 spiro atoms. The monoisotopic (exact) mass is 352 g/mol. The van der Waals surface area contributed by atoms with Gasteiger partial charge in [0.2, 0.25) is 0 Å². The first-order valence-corrected chi connectivity index (χ1v) is 9.48. The van der Waals surface area contributed by atoms with Crippen molar-refractivity contribution in [1.29, 1.82) is 0 Å². The van der Waals surface area contributed by atoms with Crippen molar-refractivity contribution in [2.75, 3.05) is 0 Å². The highest BCUT2D eigenvalue weighted by molar-refractivity contribution is 7.22. The first-order valence-electron chi connectivity index (χ1n) is 8.66. The van der Waals surface area contributed by atoms with Crippen molar-refractivity contribution in [3.63, 3.8) is 0 Å². The fourth-order valence-corrected chi connectivity index (χ4v) is 4.38. The minimum Gasteiger partial charge on any atom is -0.490 e. The molecule has 0 N–H and O–H groups in total. The standard InChI is InChI=1S/C21H20O3S/c1-14(22)23-19-11-8-16-12-20(25-21(16)13-19)15-6-9-18(10-7-15)24-17-4-2-3-5-17/h6-13,17H,2-5H2,1H3. The van der Waals surface area contributed by atoms with Crippen LogP contribution >= 0.6 is 11.3 Å². The van der Waals surface area contributed by atoms with Crippen molar-refractivity contribution in [2.24, 2.45) is 0 Å². The molecule has 1 heterocycles. The molecule has 0 atom stereocenters. The summed E-state index contributed by atoms with van der Waals surface area (Å²) in [6.45, 7) is 1.42. The van der Waals surface area contributed by atoms with Crippen LogP contribution < -0.4 is 9.47 Å². The molecule has 0 bridgehead atoms. The molecule has 3 nitrogen and oxygen atoms in total. The summed E-state index contributed by atoms with van der Waals surface area (Å²) in [4.78, 5) is 12.3. The molecular formula is C21H20O3S. The zero-order valence-corrected chi connectivity index (χ0v) is 15.0. The Labute approximate surface area is 151 Å².